The third kappa shape index (κ3) is 4.38. The minimum Gasteiger partial charge on any atom is -0.497 e. The number of fused-ring (bicyclic) bond motifs is 1. The summed E-state index contributed by atoms with van der Waals surface area (Å²) in [6.45, 7) is 1.93. The van der Waals surface area contributed by atoms with Crippen LogP contribution in [-0.2, 0) is 6.54 Å². The van der Waals surface area contributed by atoms with Crippen molar-refractivity contribution < 1.29 is 9.53 Å². The highest BCUT2D eigenvalue weighted by molar-refractivity contribution is 7.18. The first-order valence-corrected chi connectivity index (χ1v) is 11.6. The molecule has 162 valence electrons. The molecule has 6 heteroatoms. The van der Waals surface area contributed by atoms with Crippen molar-refractivity contribution in [1.82, 2.24) is 9.88 Å². The van der Waals surface area contributed by atoms with Crippen LogP contribution in [-0.4, -0.2) is 29.4 Å². The molecule has 32 heavy (non-hydrogen) atoms. The van der Waals surface area contributed by atoms with E-state index >= 15 is 0 Å². The highest BCUT2D eigenvalue weighted by Crippen LogP contribution is 2.37. The first-order valence-electron chi connectivity index (χ1n) is 10.8. The van der Waals surface area contributed by atoms with Gasteiger partial charge in [-0.05, 0) is 73.5 Å². The number of methoxy groups -OCH3 is 1. The molecule has 5 rings (SSSR count). The second-order valence-electron chi connectivity index (χ2n) is 8.03. The van der Waals surface area contributed by atoms with Gasteiger partial charge in [-0.2, -0.15) is 0 Å². The number of carbonyl (C=O) groups is 1. The van der Waals surface area contributed by atoms with Gasteiger partial charge in [-0.1, -0.05) is 24.3 Å². The van der Waals surface area contributed by atoms with Gasteiger partial charge in [-0.15, -0.1) is 11.3 Å². The Hall–Kier alpha value is -3.22. The van der Waals surface area contributed by atoms with Gasteiger partial charge in [0.1, 0.15) is 10.8 Å². The van der Waals surface area contributed by atoms with Crippen LogP contribution in [0.4, 0.5) is 5.69 Å². The van der Waals surface area contributed by atoms with E-state index in [4.69, 9.17) is 9.72 Å². The summed E-state index contributed by atoms with van der Waals surface area (Å²) in [6.07, 6.45) is 2.32. The maximum atomic E-state index is 12.6. The summed E-state index contributed by atoms with van der Waals surface area (Å²) in [7, 11) is 1.62. The van der Waals surface area contributed by atoms with Gasteiger partial charge >= 0.3 is 0 Å². The third-order valence-corrected chi connectivity index (χ3v) is 7.05. The number of rotatable bonds is 6. The fraction of sp³-hybridized carbons (Fsp3) is 0.231. The predicted octanol–water partition coefficient (Wildman–Crippen LogP) is 5.89. The lowest BCUT2D eigenvalue weighted by Crippen LogP contribution is -2.22. The van der Waals surface area contributed by atoms with E-state index in [-0.39, 0.29) is 5.91 Å². The summed E-state index contributed by atoms with van der Waals surface area (Å²) in [5.74, 6) is 0.647. The van der Waals surface area contributed by atoms with Gasteiger partial charge in [0.15, 0.2) is 0 Å². The maximum Gasteiger partial charge on any atom is 0.255 e. The predicted molar refractivity (Wildman–Crippen MR) is 129 cm³/mol. The number of aromatic nitrogens is 1. The van der Waals surface area contributed by atoms with E-state index in [1.165, 1.54) is 21.7 Å². The Morgan fingerprint density at radius 2 is 1.88 bits per heavy atom. The molecule has 1 saturated heterocycles. The second-order valence-corrected chi connectivity index (χ2v) is 9.09. The summed E-state index contributed by atoms with van der Waals surface area (Å²) >= 11 is 1.80. The second kappa shape index (κ2) is 9.10. The number of anilines is 1. The van der Waals surface area contributed by atoms with E-state index in [1.54, 1.807) is 18.4 Å². The molecule has 0 spiro atoms. The van der Waals surface area contributed by atoms with Gasteiger partial charge in [0.25, 0.3) is 5.91 Å². The quantitative estimate of drug-likeness (QED) is 0.403. The molecule has 0 radical (unpaired) electrons. The van der Waals surface area contributed by atoms with Crippen LogP contribution in [0.1, 0.15) is 39.8 Å². The SMILES string of the molecule is COc1ccc(NC(=O)c2ccc(CN3CCC[C@H]3c3nc4ccccc4s3)cc2)cc1. The van der Waals surface area contributed by atoms with Crippen molar-refractivity contribution >= 4 is 33.1 Å². The topological polar surface area (TPSA) is 54.5 Å². The molecule has 4 aromatic rings. The average Bonchev–Trinajstić information content (AvgIpc) is 3.46. The maximum absolute atomic E-state index is 12.6. The molecule has 0 aliphatic carbocycles. The lowest BCUT2D eigenvalue weighted by Gasteiger charge is -2.22. The number of likely N-dealkylation sites (tertiary alicyclic amines) is 1. The summed E-state index contributed by atoms with van der Waals surface area (Å²) in [5.41, 5.74) is 3.69. The van der Waals surface area contributed by atoms with Crippen LogP contribution < -0.4 is 10.1 Å². The van der Waals surface area contributed by atoms with E-state index in [9.17, 15) is 4.79 Å². The summed E-state index contributed by atoms with van der Waals surface area (Å²) in [4.78, 5) is 20.0. The molecular formula is C26H25N3O2S. The Balaban J connectivity index is 1.25. The number of hydrogen-bond acceptors (Lipinski definition) is 5. The van der Waals surface area contributed by atoms with Crippen molar-refractivity contribution in [1.29, 1.82) is 0 Å². The number of ether oxygens (including phenoxy) is 1. The Kier molecular flexibility index (Phi) is 5.88. The summed E-state index contributed by atoms with van der Waals surface area (Å²) < 4.78 is 6.41. The van der Waals surface area contributed by atoms with Crippen LogP contribution in [0.25, 0.3) is 10.2 Å². The Morgan fingerprint density at radius 1 is 1.09 bits per heavy atom. The van der Waals surface area contributed by atoms with E-state index < -0.39 is 0 Å². The molecule has 1 aliphatic rings. The highest BCUT2D eigenvalue weighted by atomic mass is 32.1. The van der Waals surface area contributed by atoms with E-state index in [2.05, 4.69) is 40.5 Å². The molecule has 0 saturated carbocycles. The van der Waals surface area contributed by atoms with Crippen LogP contribution in [0.15, 0.2) is 72.8 Å². The smallest absolute Gasteiger partial charge is 0.255 e. The molecule has 5 nitrogen and oxygen atoms in total. The van der Waals surface area contributed by atoms with Crippen molar-refractivity contribution in [2.24, 2.45) is 0 Å². The van der Waals surface area contributed by atoms with Gasteiger partial charge < -0.3 is 10.1 Å². The number of amides is 1. The molecule has 1 aliphatic heterocycles. The van der Waals surface area contributed by atoms with Crippen molar-refractivity contribution in [3.05, 3.63) is 88.9 Å². The molecule has 1 atom stereocenters. The van der Waals surface area contributed by atoms with Gasteiger partial charge in [-0.3, -0.25) is 9.69 Å². The zero-order valence-corrected chi connectivity index (χ0v) is 18.8. The number of para-hydroxylation sites is 1. The minimum atomic E-state index is -0.116. The zero-order valence-electron chi connectivity index (χ0n) is 18.0. The molecule has 1 amide bonds. The Morgan fingerprint density at radius 3 is 2.62 bits per heavy atom. The van der Waals surface area contributed by atoms with Crippen molar-refractivity contribution in [2.75, 3.05) is 19.0 Å². The highest BCUT2D eigenvalue weighted by Gasteiger charge is 2.28. The van der Waals surface area contributed by atoms with Crippen molar-refractivity contribution in [3.8, 4) is 5.75 Å². The normalized spacial score (nSPS) is 16.3. The lowest BCUT2D eigenvalue weighted by molar-refractivity contribution is 0.102. The first kappa shape index (κ1) is 20.7. The number of nitrogens with one attached hydrogen (secondary N) is 1. The lowest BCUT2D eigenvalue weighted by atomic mass is 10.1. The average molecular weight is 444 g/mol. The number of nitrogens with zero attached hydrogens (tertiary/aromatic N) is 2. The van der Waals surface area contributed by atoms with Crippen LogP contribution in [0.2, 0.25) is 0 Å². The molecular weight excluding hydrogens is 418 g/mol. The molecule has 0 unspecified atom stereocenters. The van der Waals surface area contributed by atoms with Crippen LogP contribution >= 0.6 is 11.3 Å². The van der Waals surface area contributed by atoms with Crippen LogP contribution in [0, 0.1) is 0 Å². The van der Waals surface area contributed by atoms with Crippen molar-refractivity contribution in [3.63, 3.8) is 0 Å². The Labute approximate surface area is 191 Å². The first-order chi connectivity index (χ1) is 15.7. The number of carbonyl (C=O) groups excluding carboxylic acids is 1. The number of benzene rings is 3. The van der Waals surface area contributed by atoms with Gasteiger partial charge in [0.05, 0.1) is 23.4 Å². The van der Waals surface area contributed by atoms with E-state index in [0.29, 0.717) is 11.6 Å². The molecule has 0 bridgehead atoms. The molecule has 3 aromatic carbocycles. The van der Waals surface area contributed by atoms with Gasteiger partial charge in [0.2, 0.25) is 0 Å². The summed E-state index contributed by atoms with van der Waals surface area (Å²) in [5, 5.41) is 4.14. The number of hydrogen-bond donors (Lipinski definition) is 1. The van der Waals surface area contributed by atoms with E-state index in [1.807, 2.05) is 42.5 Å². The largest absolute Gasteiger partial charge is 0.497 e. The molecule has 1 aromatic heterocycles. The number of thiazole rings is 1. The van der Waals surface area contributed by atoms with E-state index in [0.717, 1.165) is 36.5 Å². The zero-order chi connectivity index (χ0) is 21.9. The molecule has 1 N–H and O–H groups in total. The molecule has 1 fully saturated rings. The monoisotopic (exact) mass is 443 g/mol. The van der Waals surface area contributed by atoms with Crippen molar-refractivity contribution in [2.45, 2.75) is 25.4 Å². The standard InChI is InChI=1S/C26H25N3O2S/c1-31-21-14-12-20(13-15-21)27-25(30)19-10-8-18(9-11-19)17-29-16-4-6-23(29)26-28-22-5-2-3-7-24(22)32-26/h2-3,5,7-15,23H,4,6,16-17H2,1H3,(H,27,30)/t23-/m0/s1. The van der Waals surface area contributed by atoms with Gasteiger partial charge in [0, 0.05) is 17.8 Å². The summed E-state index contributed by atoms with van der Waals surface area (Å²) in [6, 6.07) is 23.9. The fourth-order valence-corrected chi connectivity index (χ4v) is 5.34. The third-order valence-electron chi connectivity index (χ3n) is 5.91. The van der Waals surface area contributed by atoms with Gasteiger partial charge in [-0.25, -0.2) is 4.98 Å². The van der Waals surface area contributed by atoms with Crippen LogP contribution in [0.5, 0.6) is 5.75 Å². The fourth-order valence-electron chi connectivity index (χ4n) is 4.20. The van der Waals surface area contributed by atoms with Crippen LogP contribution in [0.3, 0.4) is 0 Å². The molecule has 2 heterocycles. The minimum absolute atomic E-state index is 0.116. The Bertz CT molecular complexity index is 1190.